The summed E-state index contributed by atoms with van der Waals surface area (Å²) < 4.78 is 10.2. The molecule has 4 nitrogen and oxygen atoms in total. The van der Waals surface area contributed by atoms with Crippen molar-refractivity contribution in [3.05, 3.63) is 0 Å². The van der Waals surface area contributed by atoms with Gasteiger partial charge in [0.1, 0.15) is 5.91 Å². The minimum absolute atomic E-state index is 0.102. The number of rotatable bonds is 5. The molecule has 1 unspecified atom stereocenters. The molecule has 0 aromatic rings. The molecule has 0 bridgehead atoms. The third-order valence-corrected chi connectivity index (χ3v) is 3.03. The Morgan fingerprint density at radius 2 is 1.80 bits per heavy atom. The summed E-state index contributed by atoms with van der Waals surface area (Å²) in [6, 6.07) is 0.390. The highest BCUT2D eigenvalue weighted by Crippen LogP contribution is 2.04. The molecule has 15 heavy (non-hydrogen) atoms. The van der Waals surface area contributed by atoms with Gasteiger partial charge < -0.3 is 20.5 Å². The molecular formula is C10H26N2O2Si. The molecule has 0 aromatic heterocycles. The number of hydrogen-bond donors (Lipinski definition) is 2. The Morgan fingerprint density at radius 3 is 1.93 bits per heavy atom. The maximum absolute atomic E-state index is 5.56. The summed E-state index contributed by atoms with van der Waals surface area (Å²) in [6.45, 7) is 9.77. The molecule has 0 spiro atoms. The van der Waals surface area contributed by atoms with Gasteiger partial charge in [0, 0.05) is 32.3 Å². The average molecular weight is 234 g/mol. The van der Waals surface area contributed by atoms with Crippen LogP contribution < -0.4 is 11.1 Å². The second-order valence-electron chi connectivity index (χ2n) is 3.76. The van der Waals surface area contributed by atoms with Crippen molar-refractivity contribution in [3.8, 4) is 0 Å². The van der Waals surface area contributed by atoms with Crippen molar-refractivity contribution in [2.45, 2.75) is 32.7 Å². The van der Waals surface area contributed by atoms with Crippen molar-refractivity contribution in [2.75, 3.05) is 26.3 Å². The second-order valence-corrected chi connectivity index (χ2v) is 4.70. The molecule has 1 atom stereocenters. The zero-order valence-corrected chi connectivity index (χ0v) is 12.5. The molecule has 0 amide bonds. The predicted octanol–water partition coefficient (Wildman–Crippen LogP) is -0.739. The third kappa shape index (κ3) is 7.93. The molecule has 1 aliphatic rings. The average Bonchev–Trinajstić information content (AvgIpc) is 2.01. The van der Waals surface area contributed by atoms with Crippen LogP contribution in [0.3, 0.4) is 0 Å². The van der Waals surface area contributed by atoms with Crippen LogP contribution in [0.25, 0.3) is 0 Å². The van der Waals surface area contributed by atoms with Gasteiger partial charge in [-0.25, -0.2) is 0 Å². The first kappa shape index (κ1) is 15.1. The van der Waals surface area contributed by atoms with Crippen LogP contribution in [0.5, 0.6) is 0 Å². The van der Waals surface area contributed by atoms with Gasteiger partial charge in [0.15, 0.2) is 0 Å². The Kier molecular flexibility index (Phi) is 9.33. The number of nitrogens with two attached hydrogens (primary N) is 1. The topological polar surface area (TPSA) is 56.5 Å². The molecule has 0 radical (unpaired) electrons. The molecule has 92 valence electrons. The van der Waals surface area contributed by atoms with Crippen molar-refractivity contribution in [1.82, 2.24) is 5.32 Å². The highest BCUT2D eigenvalue weighted by Gasteiger charge is 2.19. The highest BCUT2D eigenvalue weighted by atomic mass is 28.1. The Balaban J connectivity index is 0.000000262. The normalized spacial score (nSPS) is 18.2. The summed E-state index contributed by atoms with van der Waals surface area (Å²) in [7, 11) is 0.964. The summed E-state index contributed by atoms with van der Waals surface area (Å²) in [4.78, 5) is 0. The predicted molar refractivity (Wildman–Crippen MR) is 67.0 cm³/mol. The monoisotopic (exact) mass is 234 g/mol. The molecule has 1 aliphatic heterocycles. The Bertz CT molecular complexity index is 137. The molecule has 0 saturated carbocycles. The van der Waals surface area contributed by atoms with Gasteiger partial charge >= 0.3 is 0 Å². The van der Waals surface area contributed by atoms with E-state index < -0.39 is 0 Å². The van der Waals surface area contributed by atoms with Gasteiger partial charge in [0.05, 0.1) is 10.2 Å². The van der Waals surface area contributed by atoms with Crippen LogP contribution >= 0.6 is 0 Å². The number of hydrogen-bond acceptors (Lipinski definition) is 4. The van der Waals surface area contributed by atoms with E-state index in [1.165, 1.54) is 0 Å². The van der Waals surface area contributed by atoms with Crippen LogP contribution in [-0.2, 0) is 9.47 Å². The number of ether oxygens (including phenoxy) is 2. The standard InChI is InChI=1S/C5H12N2.C5H14O2Si/c1-4(6)5-2-7-3-5;1-3-6-5(8)7-4-2/h4-5,7H,2-3,6H2,1H3;5H,3-4H2,1-2,8H3. The van der Waals surface area contributed by atoms with Gasteiger partial charge in [0.25, 0.3) is 0 Å². The van der Waals surface area contributed by atoms with E-state index in [9.17, 15) is 0 Å². The van der Waals surface area contributed by atoms with E-state index in [0.29, 0.717) is 6.04 Å². The van der Waals surface area contributed by atoms with Crippen molar-refractivity contribution >= 4 is 10.2 Å². The lowest BCUT2D eigenvalue weighted by Gasteiger charge is -2.30. The molecule has 1 saturated heterocycles. The maximum Gasteiger partial charge on any atom is 0.131 e. The van der Waals surface area contributed by atoms with Crippen LogP contribution in [0.1, 0.15) is 20.8 Å². The molecule has 3 N–H and O–H groups in total. The zero-order valence-electron chi connectivity index (χ0n) is 10.5. The molecule has 0 aliphatic carbocycles. The van der Waals surface area contributed by atoms with E-state index in [1.807, 2.05) is 13.8 Å². The van der Waals surface area contributed by atoms with E-state index in [-0.39, 0.29) is 5.91 Å². The summed E-state index contributed by atoms with van der Waals surface area (Å²) in [5.41, 5.74) is 5.56. The molecule has 5 heteroatoms. The van der Waals surface area contributed by atoms with Crippen molar-refractivity contribution in [2.24, 2.45) is 11.7 Å². The summed E-state index contributed by atoms with van der Waals surface area (Å²) in [5.74, 6) is 0.852. The smallest absolute Gasteiger partial charge is 0.131 e. The van der Waals surface area contributed by atoms with Crippen molar-refractivity contribution in [3.63, 3.8) is 0 Å². The number of nitrogens with one attached hydrogen (secondary N) is 1. The highest BCUT2D eigenvalue weighted by molar-refractivity contribution is 6.09. The minimum Gasteiger partial charge on any atom is -0.358 e. The van der Waals surface area contributed by atoms with E-state index >= 15 is 0 Å². The molecule has 0 aromatic carbocycles. The van der Waals surface area contributed by atoms with Crippen LogP contribution in [0, 0.1) is 5.92 Å². The van der Waals surface area contributed by atoms with Gasteiger partial charge in [-0.3, -0.25) is 0 Å². The van der Waals surface area contributed by atoms with E-state index in [2.05, 4.69) is 12.2 Å². The fourth-order valence-electron chi connectivity index (χ4n) is 1.20. The maximum atomic E-state index is 5.56. The first-order chi connectivity index (χ1) is 7.11. The van der Waals surface area contributed by atoms with Crippen LogP contribution in [-0.4, -0.2) is 48.5 Å². The summed E-state index contributed by atoms with van der Waals surface area (Å²) >= 11 is 0. The van der Waals surface area contributed by atoms with Gasteiger partial charge in [-0.2, -0.15) is 0 Å². The van der Waals surface area contributed by atoms with Crippen LogP contribution in [0.15, 0.2) is 0 Å². The van der Waals surface area contributed by atoms with E-state index in [0.717, 1.165) is 42.5 Å². The quantitative estimate of drug-likeness (QED) is 0.486. The third-order valence-electron chi connectivity index (χ3n) is 2.36. The lowest BCUT2D eigenvalue weighted by molar-refractivity contribution is -0.0801. The molecule has 1 fully saturated rings. The van der Waals surface area contributed by atoms with Gasteiger partial charge in [-0.1, -0.05) is 0 Å². The Labute approximate surface area is 96.3 Å². The van der Waals surface area contributed by atoms with Gasteiger partial charge in [0.2, 0.25) is 0 Å². The van der Waals surface area contributed by atoms with Gasteiger partial charge in [-0.05, 0) is 26.7 Å². The minimum atomic E-state index is 0.102. The largest absolute Gasteiger partial charge is 0.358 e. The summed E-state index contributed by atoms with van der Waals surface area (Å²) in [6.07, 6.45) is 0. The first-order valence-corrected chi connectivity index (χ1v) is 6.96. The van der Waals surface area contributed by atoms with Gasteiger partial charge in [-0.15, -0.1) is 0 Å². The fraction of sp³-hybridized carbons (Fsp3) is 1.00. The van der Waals surface area contributed by atoms with Crippen molar-refractivity contribution < 1.29 is 9.47 Å². The molecular weight excluding hydrogens is 208 g/mol. The van der Waals surface area contributed by atoms with Crippen molar-refractivity contribution in [1.29, 1.82) is 0 Å². The Morgan fingerprint density at radius 1 is 1.33 bits per heavy atom. The van der Waals surface area contributed by atoms with Crippen LogP contribution in [0.4, 0.5) is 0 Å². The fourth-order valence-corrected chi connectivity index (χ4v) is 1.87. The van der Waals surface area contributed by atoms with E-state index in [4.69, 9.17) is 15.2 Å². The SMILES string of the molecule is CC(N)C1CNC1.CCOC([SiH3])OCC. The lowest BCUT2D eigenvalue weighted by atomic mass is 9.96. The lowest BCUT2D eigenvalue weighted by Crippen LogP contribution is -2.50. The summed E-state index contributed by atoms with van der Waals surface area (Å²) in [5, 5.41) is 3.16. The van der Waals surface area contributed by atoms with E-state index in [1.54, 1.807) is 0 Å². The second kappa shape index (κ2) is 9.29. The zero-order chi connectivity index (χ0) is 11.7. The van der Waals surface area contributed by atoms with Crippen LogP contribution in [0.2, 0.25) is 0 Å². The Hall–Kier alpha value is 0.0569. The molecule has 1 rings (SSSR count). The molecule has 1 heterocycles. The first-order valence-electron chi connectivity index (χ1n) is 5.81.